The van der Waals surface area contributed by atoms with Gasteiger partial charge in [-0.1, -0.05) is 18.2 Å². The standard InChI is InChI=1S/C18H27N3/c1-3-21-13-14(17-6-4-5-7-18(17)21)12-20(2)16-10-8-15(19)9-11-16/h4-7,13,15-16H,3,8-12,19H2,1-2H3. The van der Waals surface area contributed by atoms with Crippen LogP contribution in [0.3, 0.4) is 0 Å². The maximum atomic E-state index is 6.02. The summed E-state index contributed by atoms with van der Waals surface area (Å²) in [5.41, 5.74) is 8.83. The quantitative estimate of drug-likeness (QED) is 0.934. The highest BCUT2D eigenvalue weighted by molar-refractivity contribution is 5.83. The summed E-state index contributed by atoms with van der Waals surface area (Å²) in [6.07, 6.45) is 7.15. The number of benzene rings is 1. The monoisotopic (exact) mass is 285 g/mol. The van der Waals surface area contributed by atoms with Gasteiger partial charge in [0, 0.05) is 42.3 Å². The lowest BCUT2D eigenvalue weighted by Gasteiger charge is -2.33. The van der Waals surface area contributed by atoms with E-state index >= 15 is 0 Å². The third-order valence-corrected chi connectivity index (χ3v) is 5.00. The number of para-hydroxylation sites is 1. The molecule has 2 N–H and O–H groups in total. The first-order valence-electron chi connectivity index (χ1n) is 8.21. The Bertz CT molecular complexity index is 594. The molecule has 3 rings (SSSR count). The van der Waals surface area contributed by atoms with Crippen LogP contribution >= 0.6 is 0 Å². The lowest BCUT2D eigenvalue weighted by atomic mass is 9.91. The molecule has 0 unspecified atom stereocenters. The van der Waals surface area contributed by atoms with E-state index in [-0.39, 0.29) is 0 Å². The third-order valence-electron chi connectivity index (χ3n) is 5.00. The Morgan fingerprint density at radius 2 is 1.90 bits per heavy atom. The normalized spacial score (nSPS) is 23.0. The van der Waals surface area contributed by atoms with Crippen LogP contribution in [0.2, 0.25) is 0 Å². The fourth-order valence-corrected chi connectivity index (χ4v) is 3.65. The lowest BCUT2D eigenvalue weighted by Crippen LogP contribution is -2.38. The second-order valence-corrected chi connectivity index (χ2v) is 6.44. The maximum absolute atomic E-state index is 6.02. The maximum Gasteiger partial charge on any atom is 0.0483 e. The van der Waals surface area contributed by atoms with E-state index in [1.54, 1.807) is 0 Å². The number of nitrogens with zero attached hydrogens (tertiary/aromatic N) is 2. The molecule has 0 atom stereocenters. The van der Waals surface area contributed by atoms with Crippen LogP contribution in [0.4, 0.5) is 0 Å². The van der Waals surface area contributed by atoms with Crippen molar-refractivity contribution in [1.29, 1.82) is 0 Å². The van der Waals surface area contributed by atoms with Gasteiger partial charge in [-0.2, -0.15) is 0 Å². The molecule has 1 fully saturated rings. The summed E-state index contributed by atoms with van der Waals surface area (Å²) in [5.74, 6) is 0. The van der Waals surface area contributed by atoms with Gasteiger partial charge in [-0.25, -0.2) is 0 Å². The molecule has 0 bridgehead atoms. The van der Waals surface area contributed by atoms with Crippen molar-refractivity contribution in [1.82, 2.24) is 9.47 Å². The van der Waals surface area contributed by atoms with Crippen LogP contribution in [0.25, 0.3) is 10.9 Å². The van der Waals surface area contributed by atoms with E-state index in [9.17, 15) is 0 Å². The first kappa shape index (κ1) is 14.6. The average molecular weight is 285 g/mol. The molecule has 1 saturated carbocycles. The summed E-state index contributed by atoms with van der Waals surface area (Å²) < 4.78 is 2.36. The topological polar surface area (TPSA) is 34.2 Å². The van der Waals surface area contributed by atoms with Crippen LogP contribution in [-0.4, -0.2) is 28.6 Å². The lowest BCUT2D eigenvalue weighted by molar-refractivity contribution is 0.176. The first-order chi connectivity index (χ1) is 10.2. The molecular weight excluding hydrogens is 258 g/mol. The van der Waals surface area contributed by atoms with Crippen molar-refractivity contribution in [2.45, 2.75) is 57.8 Å². The molecule has 1 aliphatic carbocycles. The molecule has 1 aliphatic rings. The summed E-state index contributed by atoms with van der Waals surface area (Å²) in [6, 6.07) is 9.87. The number of aromatic nitrogens is 1. The summed E-state index contributed by atoms with van der Waals surface area (Å²) >= 11 is 0. The number of aryl methyl sites for hydroxylation is 1. The van der Waals surface area contributed by atoms with Crippen molar-refractivity contribution < 1.29 is 0 Å². The molecule has 21 heavy (non-hydrogen) atoms. The van der Waals surface area contributed by atoms with Crippen LogP contribution in [0.15, 0.2) is 30.5 Å². The molecule has 1 heterocycles. The van der Waals surface area contributed by atoms with Crippen molar-refractivity contribution in [2.75, 3.05) is 7.05 Å². The summed E-state index contributed by atoms with van der Waals surface area (Å²) in [7, 11) is 2.26. The minimum Gasteiger partial charge on any atom is -0.347 e. The zero-order chi connectivity index (χ0) is 14.8. The van der Waals surface area contributed by atoms with Crippen molar-refractivity contribution in [2.24, 2.45) is 5.73 Å². The van der Waals surface area contributed by atoms with E-state index in [1.165, 1.54) is 42.1 Å². The highest BCUT2D eigenvalue weighted by atomic mass is 15.1. The van der Waals surface area contributed by atoms with Crippen molar-refractivity contribution in [3.8, 4) is 0 Å². The van der Waals surface area contributed by atoms with Gasteiger partial charge >= 0.3 is 0 Å². The van der Waals surface area contributed by atoms with Crippen LogP contribution in [0, 0.1) is 0 Å². The average Bonchev–Trinajstić information content (AvgIpc) is 2.86. The molecule has 0 radical (unpaired) electrons. The first-order valence-corrected chi connectivity index (χ1v) is 8.21. The summed E-state index contributed by atoms with van der Waals surface area (Å²) in [6.45, 7) is 4.28. The Morgan fingerprint density at radius 3 is 2.62 bits per heavy atom. The molecule has 3 nitrogen and oxygen atoms in total. The van der Waals surface area contributed by atoms with E-state index in [0.29, 0.717) is 12.1 Å². The van der Waals surface area contributed by atoms with Crippen LogP contribution < -0.4 is 5.73 Å². The Hall–Kier alpha value is -1.32. The number of hydrogen-bond acceptors (Lipinski definition) is 2. The van der Waals surface area contributed by atoms with Gasteiger partial charge in [0.15, 0.2) is 0 Å². The predicted octanol–water partition coefficient (Wildman–Crippen LogP) is 3.36. The highest BCUT2D eigenvalue weighted by Gasteiger charge is 2.22. The molecule has 0 amide bonds. The fraction of sp³-hybridized carbons (Fsp3) is 0.556. The van der Waals surface area contributed by atoms with E-state index < -0.39 is 0 Å². The Morgan fingerprint density at radius 1 is 1.19 bits per heavy atom. The van der Waals surface area contributed by atoms with Gasteiger partial charge in [0.05, 0.1) is 0 Å². The molecule has 1 aromatic heterocycles. The van der Waals surface area contributed by atoms with Gasteiger partial charge < -0.3 is 10.3 Å². The molecular formula is C18H27N3. The summed E-state index contributed by atoms with van der Waals surface area (Å²) in [5, 5.41) is 1.40. The van der Waals surface area contributed by atoms with Crippen molar-refractivity contribution >= 4 is 10.9 Å². The second-order valence-electron chi connectivity index (χ2n) is 6.44. The number of fused-ring (bicyclic) bond motifs is 1. The number of rotatable bonds is 4. The molecule has 0 spiro atoms. The second kappa shape index (κ2) is 6.20. The summed E-state index contributed by atoms with van der Waals surface area (Å²) in [4.78, 5) is 2.52. The smallest absolute Gasteiger partial charge is 0.0483 e. The van der Waals surface area contributed by atoms with Gasteiger partial charge in [-0.05, 0) is 51.3 Å². The van der Waals surface area contributed by atoms with Gasteiger partial charge in [-0.3, -0.25) is 4.90 Å². The highest BCUT2D eigenvalue weighted by Crippen LogP contribution is 2.26. The largest absolute Gasteiger partial charge is 0.347 e. The molecule has 3 heteroatoms. The zero-order valence-corrected chi connectivity index (χ0v) is 13.3. The number of hydrogen-bond donors (Lipinski definition) is 1. The fourth-order valence-electron chi connectivity index (χ4n) is 3.65. The number of nitrogens with two attached hydrogens (primary N) is 1. The molecule has 0 aliphatic heterocycles. The van der Waals surface area contributed by atoms with Crippen LogP contribution in [0.5, 0.6) is 0 Å². The molecule has 2 aromatic rings. The van der Waals surface area contributed by atoms with E-state index in [4.69, 9.17) is 5.73 Å². The molecule has 0 saturated heterocycles. The van der Waals surface area contributed by atoms with Crippen molar-refractivity contribution in [3.63, 3.8) is 0 Å². The molecule has 1 aromatic carbocycles. The Labute approximate surface area is 127 Å². The van der Waals surface area contributed by atoms with Gasteiger partial charge in [-0.15, -0.1) is 0 Å². The Kier molecular flexibility index (Phi) is 4.32. The minimum absolute atomic E-state index is 0.427. The van der Waals surface area contributed by atoms with Crippen LogP contribution in [-0.2, 0) is 13.1 Å². The zero-order valence-electron chi connectivity index (χ0n) is 13.3. The minimum atomic E-state index is 0.427. The third kappa shape index (κ3) is 2.99. The van der Waals surface area contributed by atoms with E-state index in [1.807, 2.05) is 0 Å². The molecule has 114 valence electrons. The van der Waals surface area contributed by atoms with Gasteiger partial charge in [0.25, 0.3) is 0 Å². The van der Waals surface area contributed by atoms with Crippen LogP contribution in [0.1, 0.15) is 38.2 Å². The van der Waals surface area contributed by atoms with E-state index in [0.717, 1.165) is 13.1 Å². The predicted molar refractivity (Wildman–Crippen MR) is 89.3 cm³/mol. The van der Waals surface area contributed by atoms with Crippen molar-refractivity contribution in [3.05, 3.63) is 36.0 Å². The van der Waals surface area contributed by atoms with E-state index in [2.05, 4.69) is 53.9 Å². The van der Waals surface area contributed by atoms with Gasteiger partial charge in [0.2, 0.25) is 0 Å². The van der Waals surface area contributed by atoms with Gasteiger partial charge in [0.1, 0.15) is 0 Å². The Balaban J connectivity index is 1.78. The SMILES string of the molecule is CCn1cc(CN(C)C2CCC(N)CC2)c2ccccc21.